The molecule has 0 saturated carbocycles. The van der Waals surface area contributed by atoms with Crippen LogP contribution in [-0.2, 0) is 9.84 Å². The highest BCUT2D eigenvalue weighted by Crippen LogP contribution is 2.25. The third-order valence-corrected chi connectivity index (χ3v) is 5.19. The van der Waals surface area contributed by atoms with E-state index in [9.17, 15) is 8.42 Å². The molecule has 0 aliphatic carbocycles. The molecule has 2 N–H and O–H groups in total. The first-order valence-corrected chi connectivity index (χ1v) is 9.83. The van der Waals surface area contributed by atoms with Gasteiger partial charge in [0.05, 0.1) is 34.7 Å². The van der Waals surface area contributed by atoms with E-state index in [1.807, 2.05) is 18.9 Å². The maximum atomic E-state index is 11.7. The summed E-state index contributed by atoms with van der Waals surface area (Å²) in [7, 11) is -1.34. The molecule has 0 bridgehead atoms. The molecule has 1 atom stereocenters. The van der Waals surface area contributed by atoms with Crippen LogP contribution < -0.4 is 5.73 Å². The van der Waals surface area contributed by atoms with Crippen molar-refractivity contribution >= 4 is 22.1 Å². The summed E-state index contributed by atoms with van der Waals surface area (Å²) in [6.07, 6.45) is 2.93. The van der Waals surface area contributed by atoms with Crippen LogP contribution in [0.15, 0.2) is 34.2 Å². The number of nitrogen functional groups attached to an aromatic ring is 1. The van der Waals surface area contributed by atoms with E-state index in [1.54, 1.807) is 30.6 Å². The van der Waals surface area contributed by atoms with Gasteiger partial charge >= 0.3 is 0 Å². The predicted octanol–water partition coefficient (Wildman–Crippen LogP) is 1.13. The zero-order valence-corrected chi connectivity index (χ0v) is 15.6. The van der Waals surface area contributed by atoms with Gasteiger partial charge in [0.2, 0.25) is 5.95 Å². The molecule has 1 unspecified atom stereocenters. The molecule has 1 aromatic heterocycles. The number of benzene rings is 1. The topological polar surface area (TPSA) is 102 Å². The highest BCUT2D eigenvalue weighted by molar-refractivity contribution is 7.90. The van der Waals surface area contributed by atoms with E-state index in [2.05, 4.69) is 26.8 Å². The highest BCUT2D eigenvalue weighted by Gasteiger charge is 2.16. The zero-order chi connectivity index (χ0) is 18.9. The Morgan fingerprint density at radius 2 is 1.92 bits per heavy atom. The molecule has 134 valence electrons. The van der Waals surface area contributed by atoms with E-state index in [0.717, 1.165) is 5.56 Å². The number of hydrogen-bond acceptors (Lipinski definition) is 7. The van der Waals surface area contributed by atoms with Crippen molar-refractivity contribution in [1.82, 2.24) is 14.9 Å². The van der Waals surface area contributed by atoms with E-state index < -0.39 is 9.84 Å². The lowest BCUT2D eigenvalue weighted by atomic mass is 10.0. The van der Waals surface area contributed by atoms with Crippen LogP contribution in [0.2, 0.25) is 0 Å². The van der Waals surface area contributed by atoms with Crippen LogP contribution in [-0.4, -0.2) is 55.5 Å². The number of hydrogen-bond donors (Lipinski definition) is 1. The second-order valence-corrected chi connectivity index (χ2v) is 8.13. The van der Waals surface area contributed by atoms with E-state index in [1.165, 1.54) is 6.26 Å². The standard InChI is InChI=1S/C18H19N5O2S/c1-12-16(9-6-14-10-20-11-23(14)2)17(22-18(19)21-12)13-4-7-15(8-5-13)26(3,24)25/h4-5,7-8,11,14H,10H2,1-3H3,(H2,19,21,22). The lowest BCUT2D eigenvalue weighted by Crippen LogP contribution is -2.25. The lowest BCUT2D eigenvalue weighted by molar-refractivity contribution is 0.492. The smallest absolute Gasteiger partial charge is 0.220 e. The number of aryl methyl sites for hydroxylation is 1. The molecule has 0 radical (unpaired) electrons. The lowest BCUT2D eigenvalue weighted by Gasteiger charge is -2.12. The van der Waals surface area contributed by atoms with Crippen LogP contribution >= 0.6 is 0 Å². The normalized spacial score (nSPS) is 16.4. The van der Waals surface area contributed by atoms with Crippen LogP contribution in [0.5, 0.6) is 0 Å². The molecule has 2 heterocycles. The molecule has 0 spiro atoms. The summed E-state index contributed by atoms with van der Waals surface area (Å²) in [5, 5.41) is 0. The molecule has 1 aliphatic heterocycles. The third kappa shape index (κ3) is 3.68. The monoisotopic (exact) mass is 369 g/mol. The number of likely N-dealkylation sites (N-methyl/N-ethyl adjacent to an activating group) is 1. The molecule has 26 heavy (non-hydrogen) atoms. The summed E-state index contributed by atoms with van der Waals surface area (Å²) < 4.78 is 23.3. The number of aromatic nitrogens is 2. The first-order valence-electron chi connectivity index (χ1n) is 7.94. The summed E-state index contributed by atoms with van der Waals surface area (Å²) in [6.45, 7) is 2.45. The number of aliphatic imine (C=N–C) groups is 1. The first-order chi connectivity index (χ1) is 12.3. The first kappa shape index (κ1) is 17.9. The van der Waals surface area contributed by atoms with Crippen molar-refractivity contribution in [2.75, 3.05) is 25.6 Å². The highest BCUT2D eigenvalue weighted by atomic mass is 32.2. The predicted molar refractivity (Wildman–Crippen MR) is 102 cm³/mol. The molecule has 0 saturated heterocycles. The van der Waals surface area contributed by atoms with E-state index in [4.69, 9.17) is 5.73 Å². The number of nitrogens with two attached hydrogens (primary N) is 1. The maximum absolute atomic E-state index is 11.7. The number of rotatable bonds is 2. The van der Waals surface area contributed by atoms with Gasteiger partial charge in [-0.1, -0.05) is 24.0 Å². The van der Waals surface area contributed by atoms with Gasteiger partial charge in [0.25, 0.3) is 0 Å². The third-order valence-electron chi connectivity index (χ3n) is 4.06. The molecular weight excluding hydrogens is 350 g/mol. The van der Waals surface area contributed by atoms with Gasteiger partial charge < -0.3 is 10.6 Å². The largest absolute Gasteiger partial charge is 0.368 e. The van der Waals surface area contributed by atoms with Crippen LogP contribution in [0.3, 0.4) is 0 Å². The second-order valence-electron chi connectivity index (χ2n) is 6.12. The molecule has 1 aliphatic rings. The zero-order valence-electron chi connectivity index (χ0n) is 14.8. The van der Waals surface area contributed by atoms with Crippen molar-refractivity contribution in [3.8, 4) is 23.1 Å². The molecule has 7 nitrogen and oxygen atoms in total. The average Bonchev–Trinajstić information content (AvgIpc) is 2.98. The summed E-state index contributed by atoms with van der Waals surface area (Å²) >= 11 is 0. The van der Waals surface area contributed by atoms with E-state index in [0.29, 0.717) is 23.5 Å². The van der Waals surface area contributed by atoms with Gasteiger partial charge in [-0.25, -0.2) is 18.4 Å². The van der Waals surface area contributed by atoms with Crippen LogP contribution in [0.1, 0.15) is 11.3 Å². The van der Waals surface area contributed by atoms with Gasteiger partial charge in [0.1, 0.15) is 6.04 Å². The number of sulfone groups is 1. The SMILES string of the molecule is Cc1nc(N)nc(-c2ccc(S(C)(=O)=O)cc2)c1C#CC1CN=CN1C. The quantitative estimate of drug-likeness (QED) is 0.797. The summed E-state index contributed by atoms with van der Waals surface area (Å²) in [5.41, 5.74) is 8.48. The van der Waals surface area contributed by atoms with Gasteiger partial charge in [0, 0.05) is 18.9 Å². The fraction of sp³-hybridized carbons (Fsp3) is 0.278. The Bertz CT molecular complexity index is 1030. The van der Waals surface area contributed by atoms with Gasteiger partial charge in [0.15, 0.2) is 9.84 Å². The summed E-state index contributed by atoms with van der Waals surface area (Å²) in [5.74, 6) is 6.49. The van der Waals surface area contributed by atoms with Crippen molar-refractivity contribution < 1.29 is 8.42 Å². The average molecular weight is 369 g/mol. The molecular formula is C18H19N5O2S. The minimum atomic E-state index is -3.26. The Morgan fingerprint density at radius 1 is 1.23 bits per heavy atom. The summed E-state index contributed by atoms with van der Waals surface area (Å²) in [4.78, 5) is 14.9. The van der Waals surface area contributed by atoms with Crippen LogP contribution in [0.25, 0.3) is 11.3 Å². The molecule has 1 aromatic carbocycles. The Morgan fingerprint density at radius 3 is 2.50 bits per heavy atom. The summed E-state index contributed by atoms with van der Waals surface area (Å²) in [6, 6.07) is 6.51. The number of nitrogens with zero attached hydrogens (tertiary/aromatic N) is 4. The van der Waals surface area contributed by atoms with Crippen LogP contribution in [0.4, 0.5) is 5.95 Å². The number of anilines is 1. The van der Waals surface area contributed by atoms with Gasteiger partial charge in [-0.3, -0.25) is 4.99 Å². The van der Waals surface area contributed by atoms with E-state index >= 15 is 0 Å². The molecule has 0 amide bonds. The fourth-order valence-electron chi connectivity index (χ4n) is 2.60. The molecule has 3 rings (SSSR count). The second kappa shape index (κ2) is 6.77. The van der Waals surface area contributed by atoms with Crippen molar-refractivity contribution in [2.24, 2.45) is 4.99 Å². The molecule has 8 heteroatoms. The van der Waals surface area contributed by atoms with E-state index in [-0.39, 0.29) is 16.9 Å². The Labute approximate surface area is 152 Å². The van der Waals surface area contributed by atoms with Crippen molar-refractivity contribution in [2.45, 2.75) is 17.9 Å². The maximum Gasteiger partial charge on any atom is 0.220 e. The van der Waals surface area contributed by atoms with Gasteiger partial charge in [-0.05, 0) is 19.1 Å². The molecule has 2 aromatic rings. The Kier molecular flexibility index (Phi) is 4.66. The molecule has 0 fully saturated rings. The minimum Gasteiger partial charge on any atom is -0.368 e. The minimum absolute atomic E-state index is 0.00686. The van der Waals surface area contributed by atoms with Crippen LogP contribution in [0, 0.1) is 18.8 Å². The van der Waals surface area contributed by atoms with Gasteiger partial charge in [-0.15, -0.1) is 0 Å². The Balaban J connectivity index is 2.06. The van der Waals surface area contributed by atoms with Gasteiger partial charge in [-0.2, -0.15) is 0 Å². The fourth-order valence-corrected chi connectivity index (χ4v) is 3.23. The Hall–Kier alpha value is -2.92. The van der Waals surface area contributed by atoms with Crippen molar-refractivity contribution in [3.63, 3.8) is 0 Å². The van der Waals surface area contributed by atoms with Crippen molar-refractivity contribution in [1.29, 1.82) is 0 Å². The van der Waals surface area contributed by atoms with Crippen molar-refractivity contribution in [3.05, 3.63) is 35.5 Å².